The molecule has 0 spiro atoms. The molecule has 2 N–H and O–H groups in total. The lowest BCUT2D eigenvalue weighted by Gasteiger charge is -2.26. The SMILES string of the molecule is CCC1(C(=O)NCc2sc(C)nc2C)CCCN1.Cl.Cl. The number of rotatable bonds is 4. The van der Waals surface area contributed by atoms with Gasteiger partial charge in [0, 0.05) is 4.88 Å². The van der Waals surface area contributed by atoms with Gasteiger partial charge in [-0.2, -0.15) is 0 Å². The largest absolute Gasteiger partial charge is 0.350 e. The van der Waals surface area contributed by atoms with Gasteiger partial charge in [-0.25, -0.2) is 4.98 Å². The fourth-order valence-electron chi connectivity index (χ4n) is 2.53. The van der Waals surface area contributed by atoms with Crippen LogP contribution in [0.4, 0.5) is 0 Å². The van der Waals surface area contributed by atoms with Gasteiger partial charge in [0.15, 0.2) is 0 Å². The molecule has 1 aromatic rings. The normalized spacial score (nSPS) is 20.9. The Morgan fingerprint density at radius 3 is 2.60 bits per heavy atom. The van der Waals surface area contributed by atoms with Gasteiger partial charge in [-0.1, -0.05) is 6.92 Å². The molecule has 1 aliphatic heterocycles. The highest BCUT2D eigenvalue weighted by atomic mass is 35.5. The molecule has 20 heavy (non-hydrogen) atoms. The Labute approximate surface area is 137 Å². The quantitative estimate of drug-likeness (QED) is 0.886. The highest BCUT2D eigenvalue weighted by molar-refractivity contribution is 7.11. The molecule has 1 unspecified atom stereocenters. The first-order chi connectivity index (χ1) is 8.57. The summed E-state index contributed by atoms with van der Waals surface area (Å²) >= 11 is 1.66. The van der Waals surface area contributed by atoms with Crippen LogP contribution in [-0.2, 0) is 11.3 Å². The van der Waals surface area contributed by atoms with Crippen LogP contribution in [0, 0.1) is 13.8 Å². The smallest absolute Gasteiger partial charge is 0.240 e. The number of aryl methyl sites for hydroxylation is 2. The van der Waals surface area contributed by atoms with Gasteiger partial charge in [-0.15, -0.1) is 36.2 Å². The number of carbonyl (C=O) groups is 1. The summed E-state index contributed by atoms with van der Waals surface area (Å²) in [5.41, 5.74) is 0.691. The molecule has 2 heterocycles. The van der Waals surface area contributed by atoms with Gasteiger partial charge in [-0.05, 0) is 39.7 Å². The van der Waals surface area contributed by atoms with E-state index in [1.54, 1.807) is 11.3 Å². The van der Waals surface area contributed by atoms with Crippen molar-refractivity contribution in [2.24, 2.45) is 0 Å². The second-order valence-electron chi connectivity index (χ2n) is 4.89. The molecule has 0 bridgehead atoms. The molecule has 1 aliphatic rings. The van der Waals surface area contributed by atoms with Crippen LogP contribution in [0.1, 0.15) is 41.8 Å². The monoisotopic (exact) mass is 339 g/mol. The summed E-state index contributed by atoms with van der Waals surface area (Å²) in [6.45, 7) is 7.60. The molecule has 0 radical (unpaired) electrons. The molecular formula is C13H23Cl2N3OS. The van der Waals surface area contributed by atoms with Crippen molar-refractivity contribution in [2.75, 3.05) is 6.54 Å². The van der Waals surface area contributed by atoms with Crippen molar-refractivity contribution >= 4 is 42.1 Å². The summed E-state index contributed by atoms with van der Waals surface area (Å²) < 4.78 is 0. The molecule has 1 aromatic heterocycles. The number of aromatic nitrogens is 1. The Kier molecular flexibility index (Phi) is 8.03. The van der Waals surface area contributed by atoms with Crippen LogP contribution in [0.2, 0.25) is 0 Å². The predicted octanol–water partition coefficient (Wildman–Crippen LogP) is 2.75. The minimum absolute atomic E-state index is 0. The Balaban J connectivity index is 0.00000180. The maximum Gasteiger partial charge on any atom is 0.240 e. The molecule has 116 valence electrons. The van der Waals surface area contributed by atoms with E-state index in [2.05, 4.69) is 22.5 Å². The van der Waals surface area contributed by atoms with Crippen molar-refractivity contribution in [1.82, 2.24) is 15.6 Å². The maximum atomic E-state index is 12.3. The van der Waals surface area contributed by atoms with Gasteiger partial charge in [0.25, 0.3) is 0 Å². The highest BCUT2D eigenvalue weighted by Gasteiger charge is 2.38. The van der Waals surface area contributed by atoms with E-state index in [0.717, 1.165) is 41.4 Å². The average molecular weight is 340 g/mol. The third-order valence-corrected chi connectivity index (χ3v) is 4.76. The van der Waals surface area contributed by atoms with Crippen molar-refractivity contribution in [3.8, 4) is 0 Å². The number of carbonyl (C=O) groups excluding carboxylic acids is 1. The van der Waals surface area contributed by atoms with Crippen molar-refractivity contribution in [2.45, 2.75) is 52.1 Å². The number of nitrogens with zero attached hydrogens (tertiary/aromatic N) is 1. The third kappa shape index (κ3) is 4.07. The lowest BCUT2D eigenvalue weighted by atomic mass is 9.93. The minimum Gasteiger partial charge on any atom is -0.350 e. The highest BCUT2D eigenvalue weighted by Crippen LogP contribution is 2.24. The second kappa shape index (κ2) is 8.17. The number of halogens is 2. The van der Waals surface area contributed by atoms with Gasteiger partial charge >= 0.3 is 0 Å². The molecule has 1 atom stereocenters. The van der Waals surface area contributed by atoms with Crippen molar-refractivity contribution < 1.29 is 4.79 Å². The third-order valence-electron chi connectivity index (χ3n) is 3.69. The van der Waals surface area contributed by atoms with Crippen LogP contribution >= 0.6 is 36.2 Å². The summed E-state index contributed by atoms with van der Waals surface area (Å²) in [6.07, 6.45) is 2.87. The zero-order chi connectivity index (χ0) is 13.2. The van der Waals surface area contributed by atoms with Gasteiger partial charge in [0.1, 0.15) is 0 Å². The molecule has 0 aliphatic carbocycles. The lowest BCUT2D eigenvalue weighted by molar-refractivity contribution is -0.127. The second-order valence-corrected chi connectivity index (χ2v) is 6.18. The summed E-state index contributed by atoms with van der Waals surface area (Å²) in [7, 11) is 0. The van der Waals surface area contributed by atoms with E-state index in [4.69, 9.17) is 0 Å². The Morgan fingerprint density at radius 1 is 1.45 bits per heavy atom. The van der Waals surface area contributed by atoms with E-state index < -0.39 is 0 Å². The molecule has 0 aromatic carbocycles. The lowest BCUT2D eigenvalue weighted by Crippen LogP contribution is -2.52. The van der Waals surface area contributed by atoms with Crippen LogP contribution in [0.3, 0.4) is 0 Å². The van der Waals surface area contributed by atoms with Gasteiger partial charge in [0.05, 0.1) is 22.8 Å². The zero-order valence-electron chi connectivity index (χ0n) is 12.1. The van der Waals surface area contributed by atoms with Crippen LogP contribution in [0.15, 0.2) is 0 Å². The summed E-state index contributed by atoms with van der Waals surface area (Å²) in [5, 5.41) is 7.46. The molecule has 1 saturated heterocycles. The number of hydrogen-bond acceptors (Lipinski definition) is 4. The molecule has 0 saturated carbocycles. The summed E-state index contributed by atoms with van der Waals surface area (Å²) in [4.78, 5) is 17.8. The number of hydrogen-bond donors (Lipinski definition) is 2. The zero-order valence-corrected chi connectivity index (χ0v) is 14.6. The van der Waals surface area contributed by atoms with Crippen LogP contribution in [0.5, 0.6) is 0 Å². The number of thiazole rings is 1. The first kappa shape index (κ1) is 19.6. The van der Waals surface area contributed by atoms with Crippen LogP contribution in [0.25, 0.3) is 0 Å². The van der Waals surface area contributed by atoms with E-state index >= 15 is 0 Å². The Hall–Kier alpha value is -0.360. The van der Waals surface area contributed by atoms with Gasteiger partial charge in [0.2, 0.25) is 5.91 Å². The predicted molar refractivity (Wildman–Crippen MR) is 88.2 cm³/mol. The Bertz CT molecular complexity index is 445. The summed E-state index contributed by atoms with van der Waals surface area (Å²) in [5.74, 6) is 0.132. The molecular weight excluding hydrogens is 317 g/mol. The van der Waals surface area contributed by atoms with Crippen molar-refractivity contribution in [3.05, 3.63) is 15.6 Å². The standard InChI is InChI=1S/C13H21N3OS.2ClH/c1-4-13(6-5-7-15-13)12(17)14-8-11-9(2)16-10(3)18-11;;/h15H,4-8H2,1-3H3,(H,14,17);2*1H. The first-order valence-electron chi connectivity index (χ1n) is 6.53. The van der Waals surface area contributed by atoms with E-state index in [9.17, 15) is 4.79 Å². The number of amides is 1. The van der Waals surface area contributed by atoms with E-state index in [0.29, 0.717) is 6.54 Å². The average Bonchev–Trinajstić information content (AvgIpc) is 2.94. The van der Waals surface area contributed by atoms with E-state index in [-0.39, 0.29) is 36.3 Å². The number of nitrogens with one attached hydrogen (secondary N) is 2. The minimum atomic E-state index is -0.340. The topological polar surface area (TPSA) is 54.0 Å². The maximum absolute atomic E-state index is 12.3. The van der Waals surface area contributed by atoms with Gasteiger partial charge in [-0.3, -0.25) is 4.79 Å². The van der Waals surface area contributed by atoms with Crippen molar-refractivity contribution in [1.29, 1.82) is 0 Å². The van der Waals surface area contributed by atoms with E-state index in [1.165, 1.54) is 0 Å². The van der Waals surface area contributed by atoms with Crippen LogP contribution in [-0.4, -0.2) is 23.0 Å². The molecule has 1 fully saturated rings. The molecule has 4 nitrogen and oxygen atoms in total. The summed E-state index contributed by atoms with van der Waals surface area (Å²) in [6, 6.07) is 0. The van der Waals surface area contributed by atoms with Gasteiger partial charge < -0.3 is 10.6 Å². The Morgan fingerprint density at radius 2 is 2.15 bits per heavy atom. The molecule has 1 amide bonds. The fraction of sp³-hybridized carbons (Fsp3) is 0.692. The molecule has 2 rings (SSSR count). The van der Waals surface area contributed by atoms with E-state index in [1.807, 2.05) is 13.8 Å². The van der Waals surface area contributed by atoms with Crippen LogP contribution < -0.4 is 10.6 Å². The first-order valence-corrected chi connectivity index (χ1v) is 7.35. The van der Waals surface area contributed by atoms with Crippen molar-refractivity contribution in [3.63, 3.8) is 0 Å². The fourth-order valence-corrected chi connectivity index (χ4v) is 3.41. The molecule has 7 heteroatoms.